The van der Waals surface area contributed by atoms with Crippen molar-refractivity contribution in [3.8, 4) is 5.75 Å². The largest absolute Gasteiger partial charge is 0.469 e. The van der Waals surface area contributed by atoms with Crippen LogP contribution in [0.5, 0.6) is 5.75 Å². The number of benzene rings is 2. The fourth-order valence-electron chi connectivity index (χ4n) is 3.47. The molecule has 0 radical (unpaired) electrons. The topological polar surface area (TPSA) is 24.8 Å². The predicted octanol–water partition coefficient (Wildman–Crippen LogP) is 4.66. The maximum atomic E-state index is 6.21. The van der Waals surface area contributed by atoms with Crippen molar-refractivity contribution in [2.75, 3.05) is 0 Å². The zero-order chi connectivity index (χ0) is 15.8. The lowest BCUT2D eigenvalue weighted by Crippen LogP contribution is -2.40. The smallest absolute Gasteiger partial charge is 0.187 e. The van der Waals surface area contributed by atoms with Crippen molar-refractivity contribution >= 4 is 5.71 Å². The first-order valence-corrected chi connectivity index (χ1v) is 8.44. The number of hydrazone groups is 1. The van der Waals surface area contributed by atoms with Crippen molar-refractivity contribution in [3.05, 3.63) is 65.2 Å². The Morgan fingerprint density at radius 3 is 2.70 bits per heavy atom. The summed E-state index contributed by atoms with van der Waals surface area (Å²) in [5, 5.41) is 7.12. The highest BCUT2D eigenvalue weighted by molar-refractivity contribution is 6.01. The van der Waals surface area contributed by atoms with E-state index in [4.69, 9.17) is 9.84 Å². The number of hydrogen-bond acceptors (Lipinski definition) is 3. The van der Waals surface area contributed by atoms with Crippen LogP contribution in [0.15, 0.2) is 53.6 Å². The Balaban J connectivity index is 1.71. The van der Waals surface area contributed by atoms with Gasteiger partial charge in [-0.05, 0) is 18.6 Å². The average molecular weight is 306 g/mol. The van der Waals surface area contributed by atoms with Crippen LogP contribution in [0.25, 0.3) is 0 Å². The number of hydrogen-bond donors (Lipinski definition) is 0. The Morgan fingerprint density at radius 2 is 1.91 bits per heavy atom. The standard InChI is InChI=1S/C20H22N2O/c1-3-6-20-22-18(16-7-4-5-8-19(16)23-20)13-17(21-22)15-11-9-14(2)10-12-15/h4-5,7-12,18,20H,3,6,13H2,1-2H3/t18-,20-/m1/s1. The van der Waals surface area contributed by atoms with E-state index in [2.05, 4.69) is 61.3 Å². The van der Waals surface area contributed by atoms with E-state index in [-0.39, 0.29) is 6.23 Å². The minimum absolute atomic E-state index is 0.0443. The number of rotatable bonds is 3. The molecule has 23 heavy (non-hydrogen) atoms. The summed E-state index contributed by atoms with van der Waals surface area (Å²) < 4.78 is 6.21. The highest BCUT2D eigenvalue weighted by Crippen LogP contribution is 2.43. The first-order valence-electron chi connectivity index (χ1n) is 8.44. The first kappa shape index (κ1) is 14.3. The molecule has 0 spiro atoms. The molecule has 2 aromatic rings. The third-order valence-electron chi connectivity index (χ3n) is 4.70. The van der Waals surface area contributed by atoms with Crippen LogP contribution in [0.4, 0.5) is 0 Å². The number of nitrogens with zero attached hydrogens (tertiary/aromatic N) is 2. The summed E-state index contributed by atoms with van der Waals surface area (Å²) in [6.45, 7) is 4.31. The van der Waals surface area contributed by atoms with Gasteiger partial charge in [-0.25, -0.2) is 0 Å². The van der Waals surface area contributed by atoms with Crippen LogP contribution in [0.2, 0.25) is 0 Å². The van der Waals surface area contributed by atoms with Crippen molar-refractivity contribution in [2.24, 2.45) is 5.10 Å². The molecule has 0 N–H and O–H groups in total. The van der Waals surface area contributed by atoms with Gasteiger partial charge in [0.15, 0.2) is 6.23 Å². The summed E-state index contributed by atoms with van der Waals surface area (Å²) in [7, 11) is 0. The molecule has 118 valence electrons. The highest BCUT2D eigenvalue weighted by atomic mass is 16.5. The van der Waals surface area contributed by atoms with Gasteiger partial charge in [-0.1, -0.05) is 61.4 Å². The lowest BCUT2D eigenvalue weighted by molar-refractivity contribution is -0.0223. The van der Waals surface area contributed by atoms with Gasteiger partial charge in [0.2, 0.25) is 0 Å². The Labute approximate surface area is 137 Å². The molecule has 2 atom stereocenters. The highest BCUT2D eigenvalue weighted by Gasteiger charge is 2.39. The summed E-state index contributed by atoms with van der Waals surface area (Å²) in [6.07, 6.45) is 3.08. The van der Waals surface area contributed by atoms with Crippen LogP contribution in [0.1, 0.15) is 48.9 Å². The molecular formula is C20H22N2O. The molecule has 0 saturated carbocycles. The zero-order valence-electron chi connectivity index (χ0n) is 13.7. The molecule has 0 unspecified atom stereocenters. The van der Waals surface area contributed by atoms with Gasteiger partial charge in [0.25, 0.3) is 0 Å². The zero-order valence-corrected chi connectivity index (χ0v) is 13.7. The first-order chi connectivity index (χ1) is 11.3. The molecule has 4 rings (SSSR count). The van der Waals surface area contributed by atoms with Crippen LogP contribution in [-0.2, 0) is 0 Å². The van der Waals surface area contributed by atoms with E-state index in [9.17, 15) is 0 Å². The monoisotopic (exact) mass is 306 g/mol. The second-order valence-electron chi connectivity index (χ2n) is 6.41. The van der Waals surface area contributed by atoms with Gasteiger partial charge in [-0.2, -0.15) is 5.10 Å². The lowest BCUT2D eigenvalue weighted by atomic mass is 9.96. The maximum Gasteiger partial charge on any atom is 0.187 e. The van der Waals surface area contributed by atoms with Crippen LogP contribution < -0.4 is 4.74 Å². The summed E-state index contributed by atoms with van der Waals surface area (Å²) in [4.78, 5) is 0. The minimum Gasteiger partial charge on any atom is -0.469 e. The molecule has 2 aliphatic rings. The van der Waals surface area contributed by atoms with Crippen LogP contribution in [0, 0.1) is 6.92 Å². The van der Waals surface area contributed by atoms with Gasteiger partial charge >= 0.3 is 0 Å². The predicted molar refractivity (Wildman–Crippen MR) is 92.7 cm³/mol. The van der Waals surface area contributed by atoms with Crippen molar-refractivity contribution < 1.29 is 4.74 Å². The molecule has 0 fully saturated rings. The molecule has 0 aliphatic carbocycles. The third-order valence-corrected chi connectivity index (χ3v) is 4.70. The second kappa shape index (κ2) is 5.73. The van der Waals surface area contributed by atoms with Crippen LogP contribution in [0.3, 0.4) is 0 Å². The fraction of sp³-hybridized carbons (Fsp3) is 0.350. The van der Waals surface area contributed by atoms with E-state index in [1.807, 2.05) is 6.07 Å². The van der Waals surface area contributed by atoms with Crippen molar-refractivity contribution in [3.63, 3.8) is 0 Å². The SMILES string of the molecule is CCC[C@H]1Oc2ccccc2[C@H]2CC(c3ccc(C)cc3)=NN21. The Morgan fingerprint density at radius 1 is 1.13 bits per heavy atom. The molecule has 3 nitrogen and oxygen atoms in total. The summed E-state index contributed by atoms with van der Waals surface area (Å²) in [5.74, 6) is 1.02. The Kier molecular flexibility index (Phi) is 3.56. The fourth-order valence-corrected chi connectivity index (χ4v) is 3.47. The number of aryl methyl sites for hydroxylation is 1. The Bertz CT molecular complexity index is 736. The third kappa shape index (κ3) is 2.50. The average Bonchev–Trinajstić information content (AvgIpc) is 3.02. The van der Waals surface area contributed by atoms with Crippen LogP contribution >= 0.6 is 0 Å². The van der Waals surface area contributed by atoms with E-state index in [1.54, 1.807) is 0 Å². The molecule has 2 aromatic carbocycles. The summed E-state index contributed by atoms with van der Waals surface area (Å²) >= 11 is 0. The molecule has 0 bridgehead atoms. The molecule has 0 amide bonds. The number of ether oxygens (including phenoxy) is 1. The van der Waals surface area contributed by atoms with Gasteiger partial charge in [0, 0.05) is 18.4 Å². The summed E-state index contributed by atoms with van der Waals surface area (Å²) in [5.41, 5.74) is 4.92. The molecule has 2 aliphatic heterocycles. The van der Waals surface area contributed by atoms with Gasteiger partial charge < -0.3 is 4.74 Å². The Hall–Kier alpha value is -2.29. The van der Waals surface area contributed by atoms with Crippen LogP contribution in [-0.4, -0.2) is 16.9 Å². The van der Waals surface area contributed by atoms with E-state index >= 15 is 0 Å². The quantitative estimate of drug-likeness (QED) is 0.823. The molecule has 3 heteroatoms. The van der Waals surface area contributed by atoms with Crippen molar-refractivity contribution in [2.45, 2.75) is 45.4 Å². The molecule has 2 heterocycles. The van der Waals surface area contributed by atoms with Gasteiger partial charge in [-0.3, -0.25) is 5.01 Å². The van der Waals surface area contributed by atoms with Gasteiger partial charge in [-0.15, -0.1) is 0 Å². The van der Waals surface area contributed by atoms with Crippen molar-refractivity contribution in [1.82, 2.24) is 5.01 Å². The maximum absolute atomic E-state index is 6.21. The van der Waals surface area contributed by atoms with E-state index in [1.165, 1.54) is 16.7 Å². The number of para-hydroxylation sites is 1. The van der Waals surface area contributed by atoms with Crippen molar-refractivity contribution in [1.29, 1.82) is 0 Å². The second-order valence-corrected chi connectivity index (χ2v) is 6.41. The summed E-state index contributed by atoms with van der Waals surface area (Å²) in [6, 6.07) is 17.3. The number of fused-ring (bicyclic) bond motifs is 3. The lowest BCUT2D eigenvalue weighted by Gasteiger charge is -2.38. The van der Waals surface area contributed by atoms with E-state index in [0.717, 1.165) is 30.7 Å². The molecule has 0 saturated heterocycles. The minimum atomic E-state index is 0.0443. The normalized spacial score (nSPS) is 22.2. The van der Waals surface area contributed by atoms with Gasteiger partial charge in [0.1, 0.15) is 5.75 Å². The van der Waals surface area contributed by atoms with Gasteiger partial charge in [0.05, 0.1) is 11.8 Å². The van der Waals surface area contributed by atoms with E-state index < -0.39 is 0 Å². The molecular weight excluding hydrogens is 284 g/mol. The van der Waals surface area contributed by atoms with E-state index in [0.29, 0.717) is 6.04 Å². The molecule has 0 aromatic heterocycles.